The molecule has 0 heterocycles. The molecule has 28 heavy (non-hydrogen) atoms. The number of rotatable bonds is 10. The number of hydrogen-bond donors (Lipinski definition) is 2. The van der Waals surface area contributed by atoms with Crippen molar-refractivity contribution in [3.63, 3.8) is 0 Å². The van der Waals surface area contributed by atoms with E-state index in [0.717, 1.165) is 11.1 Å². The van der Waals surface area contributed by atoms with Crippen molar-refractivity contribution < 1.29 is 17.9 Å². The van der Waals surface area contributed by atoms with Gasteiger partial charge in [0.2, 0.25) is 10.0 Å². The normalized spacial score (nSPS) is 11.0. The predicted octanol–water partition coefficient (Wildman–Crippen LogP) is 2.35. The lowest BCUT2D eigenvalue weighted by molar-refractivity contribution is 0.0950. The topological polar surface area (TPSA) is 108 Å². The molecule has 0 saturated carbocycles. The number of nitriles is 1. The highest BCUT2D eigenvalue weighted by Gasteiger charge is 2.14. The van der Waals surface area contributed by atoms with E-state index in [1.54, 1.807) is 0 Å². The maximum Gasteiger partial charge on any atom is 0.251 e. The Morgan fingerprint density at radius 3 is 2.32 bits per heavy atom. The largest absolute Gasteiger partial charge is 0.377 e. The quantitative estimate of drug-likeness (QED) is 0.594. The fourth-order valence-electron chi connectivity index (χ4n) is 2.37. The Balaban J connectivity index is 1.91. The molecule has 7 nitrogen and oxygen atoms in total. The number of carbonyl (C=O) groups is 1. The van der Waals surface area contributed by atoms with Crippen LogP contribution in [0.1, 0.15) is 34.8 Å². The molecule has 0 radical (unpaired) electrons. The predicted molar refractivity (Wildman–Crippen MR) is 105 cm³/mol. The van der Waals surface area contributed by atoms with Crippen LogP contribution in [0, 0.1) is 11.3 Å². The van der Waals surface area contributed by atoms with Gasteiger partial charge in [-0.15, -0.1) is 0 Å². The molecule has 0 aromatic heterocycles. The van der Waals surface area contributed by atoms with Gasteiger partial charge in [-0.3, -0.25) is 4.79 Å². The molecule has 0 aliphatic heterocycles. The first-order chi connectivity index (χ1) is 13.5. The summed E-state index contributed by atoms with van der Waals surface area (Å²) in [6, 6.07) is 15.3. The van der Waals surface area contributed by atoms with Gasteiger partial charge in [0.05, 0.1) is 17.6 Å². The number of nitrogens with one attached hydrogen (secondary N) is 2. The van der Waals surface area contributed by atoms with Crippen molar-refractivity contribution in [3.05, 3.63) is 65.2 Å². The summed E-state index contributed by atoms with van der Waals surface area (Å²) in [5.74, 6) is -0.292. The summed E-state index contributed by atoms with van der Waals surface area (Å²) in [6.45, 7) is 3.57. The van der Waals surface area contributed by atoms with E-state index in [1.165, 1.54) is 24.3 Å². The summed E-state index contributed by atoms with van der Waals surface area (Å²) in [6.07, 6.45) is 0.0896. The highest BCUT2D eigenvalue weighted by Crippen LogP contribution is 2.11. The van der Waals surface area contributed by atoms with E-state index >= 15 is 0 Å². The molecule has 2 aromatic carbocycles. The van der Waals surface area contributed by atoms with Gasteiger partial charge in [0.1, 0.15) is 0 Å². The third kappa shape index (κ3) is 6.46. The average molecular weight is 401 g/mol. The number of hydrogen-bond acceptors (Lipinski definition) is 5. The molecule has 2 rings (SSSR count). The molecule has 0 bridgehead atoms. The Labute approximate surface area is 165 Å². The highest BCUT2D eigenvalue weighted by atomic mass is 32.2. The Kier molecular flexibility index (Phi) is 8.14. The van der Waals surface area contributed by atoms with Gasteiger partial charge >= 0.3 is 0 Å². The van der Waals surface area contributed by atoms with Gasteiger partial charge in [0.25, 0.3) is 5.91 Å². The zero-order valence-corrected chi connectivity index (χ0v) is 16.5. The zero-order chi connectivity index (χ0) is 20.4. The first-order valence-electron chi connectivity index (χ1n) is 8.86. The minimum absolute atomic E-state index is 0.0461. The van der Waals surface area contributed by atoms with Gasteiger partial charge in [0, 0.05) is 31.7 Å². The number of amides is 1. The molecule has 8 heteroatoms. The van der Waals surface area contributed by atoms with Crippen molar-refractivity contribution in [2.24, 2.45) is 0 Å². The van der Waals surface area contributed by atoms with E-state index in [2.05, 4.69) is 10.0 Å². The maximum absolute atomic E-state index is 12.3. The lowest BCUT2D eigenvalue weighted by Gasteiger charge is -2.08. The molecule has 0 spiro atoms. The monoisotopic (exact) mass is 401 g/mol. The second-order valence-electron chi connectivity index (χ2n) is 5.97. The average Bonchev–Trinajstić information content (AvgIpc) is 2.71. The first kappa shape index (κ1) is 21.6. The lowest BCUT2D eigenvalue weighted by atomic mass is 10.1. The summed E-state index contributed by atoms with van der Waals surface area (Å²) in [4.78, 5) is 12.3. The highest BCUT2D eigenvalue weighted by molar-refractivity contribution is 7.89. The zero-order valence-electron chi connectivity index (χ0n) is 15.6. The minimum Gasteiger partial charge on any atom is -0.377 e. The molecule has 1 amide bonds. The van der Waals surface area contributed by atoms with Crippen molar-refractivity contribution in [2.45, 2.75) is 31.4 Å². The van der Waals surface area contributed by atoms with E-state index in [4.69, 9.17) is 10.00 Å². The van der Waals surface area contributed by atoms with Crippen LogP contribution in [-0.4, -0.2) is 27.5 Å². The standard InChI is InChI=1S/C20H23N3O4S/c1-2-27-15-17-6-4-16(5-7-17)14-22-20(24)18-8-10-19(11-9-18)28(25,26)23-13-3-12-21/h4-11,23H,2-3,13-15H2,1H3,(H,22,24). The second-order valence-corrected chi connectivity index (χ2v) is 7.73. The third-order valence-corrected chi connectivity index (χ3v) is 5.38. The van der Waals surface area contributed by atoms with Gasteiger partial charge < -0.3 is 10.1 Å². The van der Waals surface area contributed by atoms with Crippen molar-refractivity contribution >= 4 is 15.9 Å². The lowest BCUT2D eigenvalue weighted by Crippen LogP contribution is -2.25. The van der Waals surface area contributed by atoms with E-state index in [1.807, 2.05) is 37.3 Å². The van der Waals surface area contributed by atoms with Gasteiger partial charge in [-0.05, 0) is 42.3 Å². The van der Waals surface area contributed by atoms with E-state index in [-0.39, 0.29) is 23.8 Å². The van der Waals surface area contributed by atoms with Crippen LogP contribution in [0.5, 0.6) is 0 Å². The molecule has 148 valence electrons. The minimum atomic E-state index is -3.68. The Morgan fingerprint density at radius 1 is 1.07 bits per heavy atom. The molecule has 0 aliphatic carbocycles. The Hall–Kier alpha value is -2.73. The van der Waals surface area contributed by atoms with Crippen LogP contribution in [-0.2, 0) is 27.9 Å². The third-order valence-electron chi connectivity index (χ3n) is 3.90. The summed E-state index contributed by atoms with van der Waals surface area (Å²) in [7, 11) is -3.68. The van der Waals surface area contributed by atoms with Gasteiger partial charge in [-0.1, -0.05) is 24.3 Å². The van der Waals surface area contributed by atoms with Crippen LogP contribution in [0.25, 0.3) is 0 Å². The molecule has 2 N–H and O–H groups in total. The SMILES string of the molecule is CCOCc1ccc(CNC(=O)c2ccc(S(=O)(=O)NCCC#N)cc2)cc1. The van der Waals surface area contributed by atoms with Gasteiger partial charge in [-0.2, -0.15) is 5.26 Å². The van der Waals surface area contributed by atoms with Crippen LogP contribution < -0.4 is 10.0 Å². The first-order valence-corrected chi connectivity index (χ1v) is 10.3. The fraction of sp³-hybridized carbons (Fsp3) is 0.300. The number of carbonyl (C=O) groups excluding carboxylic acids is 1. The van der Waals surface area contributed by atoms with Gasteiger partial charge in [-0.25, -0.2) is 13.1 Å². The van der Waals surface area contributed by atoms with Crippen LogP contribution in [0.2, 0.25) is 0 Å². The molecule has 0 aliphatic rings. The van der Waals surface area contributed by atoms with Crippen LogP contribution in [0.4, 0.5) is 0 Å². The molecule has 0 atom stereocenters. The Morgan fingerprint density at radius 2 is 1.71 bits per heavy atom. The Bertz CT molecular complexity index is 917. The van der Waals surface area contributed by atoms with Gasteiger partial charge in [0.15, 0.2) is 0 Å². The molecule has 0 unspecified atom stereocenters. The van der Waals surface area contributed by atoms with E-state index < -0.39 is 10.0 Å². The number of benzene rings is 2. The van der Waals surface area contributed by atoms with Crippen molar-refractivity contribution in [2.75, 3.05) is 13.2 Å². The molecule has 0 saturated heterocycles. The second kappa shape index (κ2) is 10.6. The smallest absolute Gasteiger partial charge is 0.251 e. The fourth-order valence-corrected chi connectivity index (χ4v) is 3.40. The molecular formula is C20H23N3O4S. The molecule has 0 fully saturated rings. The van der Waals surface area contributed by atoms with Crippen LogP contribution in [0.3, 0.4) is 0 Å². The van der Waals surface area contributed by atoms with E-state index in [9.17, 15) is 13.2 Å². The number of nitrogens with zero attached hydrogens (tertiary/aromatic N) is 1. The van der Waals surface area contributed by atoms with E-state index in [0.29, 0.717) is 25.3 Å². The summed E-state index contributed by atoms with van der Waals surface area (Å²) in [5, 5.41) is 11.3. The van der Waals surface area contributed by atoms with Crippen LogP contribution >= 0.6 is 0 Å². The summed E-state index contributed by atoms with van der Waals surface area (Å²) < 4.78 is 31.8. The number of sulfonamides is 1. The molecular weight excluding hydrogens is 378 g/mol. The summed E-state index contributed by atoms with van der Waals surface area (Å²) in [5.41, 5.74) is 2.38. The number of ether oxygens (including phenoxy) is 1. The summed E-state index contributed by atoms with van der Waals surface area (Å²) >= 11 is 0. The van der Waals surface area contributed by atoms with Crippen LogP contribution in [0.15, 0.2) is 53.4 Å². The van der Waals surface area contributed by atoms with Crippen molar-refractivity contribution in [3.8, 4) is 6.07 Å². The van der Waals surface area contributed by atoms with Crippen molar-refractivity contribution in [1.29, 1.82) is 5.26 Å². The molecule has 2 aromatic rings. The maximum atomic E-state index is 12.3. The van der Waals surface area contributed by atoms with Crippen molar-refractivity contribution in [1.82, 2.24) is 10.0 Å².